The smallest absolute Gasteiger partial charge is 0.0218 e. The summed E-state index contributed by atoms with van der Waals surface area (Å²) in [5.74, 6) is 0.752. The minimum atomic E-state index is 0.724. The van der Waals surface area contributed by atoms with Crippen molar-refractivity contribution in [2.75, 3.05) is 26.2 Å². The summed E-state index contributed by atoms with van der Waals surface area (Å²) in [4.78, 5) is 2.71. The molecule has 0 amide bonds. The largest absolute Gasteiger partial charge is 0.315 e. The second-order valence-corrected chi connectivity index (χ2v) is 5.86. The average molecular weight is 256 g/mol. The van der Waals surface area contributed by atoms with E-state index < -0.39 is 0 Å². The van der Waals surface area contributed by atoms with Crippen LogP contribution in [0.4, 0.5) is 0 Å². The standard InChI is InChI=1S/C16H36N2/c1-6-9-11-18(12-10-7-2)16(8-3)14-17-13-15(4)5/h15-17H,6-14H2,1-5H3. The minimum Gasteiger partial charge on any atom is -0.315 e. The van der Waals surface area contributed by atoms with Gasteiger partial charge in [0.1, 0.15) is 0 Å². The van der Waals surface area contributed by atoms with E-state index in [1.807, 2.05) is 0 Å². The van der Waals surface area contributed by atoms with Crippen LogP contribution in [0.1, 0.15) is 66.7 Å². The van der Waals surface area contributed by atoms with Crippen molar-refractivity contribution in [1.82, 2.24) is 10.2 Å². The monoisotopic (exact) mass is 256 g/mol. The number of rotatable bonds is 12. The maximum atomic E-state index is 3.63. The van der Waals surface area contributed by atoms with Gasteiger partial charge in [-0.25, -0.2) is 0 Å². The van der Waals surface area contributed by atoms with Crippen LogP contribution < -0.4 is 5.32 Å². The van der Waals surface area contributed by atoms with E-state index in [1.165, 1.54) is 45.2 Å². The van der Waals surface area contributed by atoms with Gasteiger partial charge in [0.2, 0.25) is 0 Å². The maximum absolute atomic E-state index is 3.63. The highest BCUT2D eigenvalue weighted by Gasteiger charge is 2.15. The molecule has 0 heterocycles. The molecule has 0 aromatic carbocycles. The zero-order valence-electron chi connectivity index (χ0n) is 13.5. The molecular formula is C16H36N2. The van der Waals surface area contributed by atoms with Crippen molar-refractivity contribution in [1.29, 1.82) is 0 Å². The van der Waals surface area contributed by atoms with Gasteiger partial charge in [-0.05, 0) is 44.8 Å². The molecule has 0 aliphatic rings. The van der Waals surface area contributed by atoms with Gasteiger partial charge in [-0.3, -0.25) is 4.90 Å². The lowest BCUT2D eigenvalue weighted by atomic mass is 10.1. The fourth-order valence-corrected chi connectivity index (χ4v) is 2.27. The summed E-state index contributed by atoms with van der Waals surface area (Å²) >= 11 is 0. The van der Waals surface area contributed by atoms with Crippen LogP contribution in [0.15, 0.2) is 0 Å². The van der Waals surface area contributed by atoms with Crippen LogP contribution in [0.5, 0.6) is 0 Å². The SMILES string of the molecule is CCCCN(CCCC)C(CC)CNCC(C)C. The Morgan fingerprint density at radius 2 is 1.44 bits per heavy atom. The van der Waals surface area contributed by atoms with Crippen molar-refractivity contribution >= 4 is 0 Å². The predicted octanol–water partition coefficient (Wildman–Crippen LogP) is 3.91. The third-order valence-electron chi connectivity index (χ3n) is 3.52. The van der Waals surface area contributed by atoms with Gasteiger partial charge in [-0.1, -0.05) is 47.5 Å². The van der Waals surface area contributed by atoms with E-state index in [0.717, 1.165) is 25.0 Å². The van der Waals surface area contributed by atoms with Gasteiger partial charge < -0.3 is 5.32 Å². The zero-order chi connectivity index (χ0) is 13.8. The molecule has 0 radical (unpaired) electrons. The lowest BCUT2D eigenvalue weighted by Crippen LogP contribution is -2.43. The molecule has 0 aromatic heterocycles. The number of unbranched alkanes of at least 4 members (excludes halogenated alkanes) is 2. The highest BCUT2D eigenvalue weighted by Crippen LogP contribution is 2.08. The number of nitrogens with one attached hydrogen (secondary N) is 1. The molecule has 1 atom stereocenters. The fourth-order valence-electron chi connectivity index (χ4n) is 2.27. The quantitative estimate of drug-likeness (QED) is 0.569. The van der Waals surface area contributed by atoms with E-state index in [2.05, 4.69) is 44.8 Å². The Kier molecular flexibility index (Phi) is 11.9. The lowest BCUT2D eigenvalue weighted by molar-refractivity contribution is 0.180. The molecule has 1 N–H and O–H groups in total. The van der Waals surface area contributed by atoms with Gasteiger partial charge in [0.05, 0.1) is 0 Å². The van der Waals surface area contributed by atoms with Crippen LogP contribution in [-0.2, 0) is 0 Å². The average Bonchev–Trinajstić information content (AvgIpc) is 2.35. The first-order valence-electron chi connectivity index (χ1n) is 8.10. The Hall–Kier alpha value is -0.0800. The van der Waals surface area contributed by atoms with Crippen LogP contribution in [-0.4, -0.2) is 37.1 Å². The summed E-state index contributed by atoms with van der Waals surface area (Å²) in [5, 5.41) is 3.63. The molecule has 0 aliphatic carbocycles. The summed E-state index contributed by atoms with van der Waals surface area (Å²) in [6, 6.07) is 0.724. The van der Waals surface area contributed by atoms with E-state index in [1.54, 1.807) is 0 Å². The molecule has 2 nitrogen and oxygen atoms in total. The molecule has 18 heavy (non-hydrogen) atoms. The van der Waals surface area contributed by atoms with Gasteiger partial charge >= 0.3 is 0 Å². The van der Waals surface area contributed by atoms with Crippen LogP contribution in [0.25, 0.3) is 0 Å². The Balaban J connectivity index is 4.11. The van der Waals surface area contributed by atoms with Crippen LogP contribution in [0, 0.1) is 5.92 Å². The molecule has 2 heteroatoms. The molecule has 1 unspecified atom stereocenters. The van der Waals surface area contributed by atoms with Gasteiger partial charge in [0, 0.05) is 12.6 Å². The lowest BCUT2D eigenvalue weighted by Gasteiger charge is -2.31. The number of hydrogen-bond donors (Lipinski definition) is 1. The van der Waals surface area contributed by atoms with Crippen molar-refractivity contribution in [3.8, 4) is 0 Å². The number of nitrogens with zero attached hydrogens (tertiary/aromatic N) is 1. The maximum Gasteiger partial charge on any atom is 0.0218 e. The molecule has 0 aromatic rings. The molecule has 0 fully saturated rings. The van der Waals surface area contributed by atoms with Crippen molar-refractivity contribution in [3.05, 3.63) is 0 Å². The first-order valence-corrected chi connectivity index (χ1v) is 8.10. The fraction of sp³-hybridized carbons (Fsp3) is 1.00. The summed E-state index contributed by atoms with van der Waals surface area (Å²) in [6.07, 6.45) is 6.55. The van der Waals surface area contributed by atoms with Crippen molar-refractivity contribution in [3.63, 3.8) is 0 Å². The Labute approximate surface area is 116 Å². The van der Waals surface area contributed by atoms with E-state index >= 15 is 0 Å². The third-order valence-corrected chi connectivity index (χ3v) is 3.52. The molecule has 0 saturated carbocycles. The molecule has 0 bridgehead atoms. The van der Waals surface area contributed by atoms with Crippen LogP contribution >= 0.6 is 0 Å². The summed E-state index contributed by atoms with van der Waals surface area (Å²) in [6.45, 7) is 16.3. The molecule has 0 saturated heterocycles. The summed E-state index contributed by atoms with van der Waals surface area (Å²) in [7, 11) is 0. The predicted molar refractivity (Wildman–Crippen MR) is 83.2 cm³/mol. The van der Waals surface area contributed by atoms with Gasteiger partial charge in [0.15, 0.2) is 0 Å². The highest BCUT2D eigenvalue weighted by atomic mass is 15.2. The topological polar surface area (TPSA) is 15.3 Å². The van der Waals surface area contributed by atoms with Crippen molar-refractivity contribution in [2.24, 2.45) is 5.92 Å². The van der Waals surface area contributed by atoms with Gasteiger partial charge in [-0.2, -0.15) is 0 Å². The zero-order valence-corrected chi connectivity index (χ0v) is 13.5. The molecular weight excluding hydrogens is 220 g/mol. The summed E-state index contributed by atoms with van der Waals surface area (Å²) < 4.78 is 0. The van der Waals surface area contributed by atoms with Crippen molar-refractivity contribution in [2.45, 2.75) is 72.8 Å². The van der Waals surface area contributed by atoms with Crippen molar-refractivity contribution < 1.29 is 0 Å². The Morgan fingerprint density at radius 3 is 1.83 bits per heavy atom. The van der Waals surface area contributed by atoms with Gasteiger partial charge in [-0.15, -0.1) is 0 Å². The van der Waals surface area contributed by atoms with Crippen LogP contribution in [0.2, 0.25) is 0 Å². The molecule has 0 spiro atoms. The number of hydrogen-bond acceptors (Lipinski definition) is 2. The first kappa shape index (κ1) is 17.9. The van der Waals surface area contributed by atoms with Crippen LogP contribution in [0.3, 0.4) is 0 Å². The highest BCUT2D eigenvalue weighted by molar-refractivity contribution is 4.73. The Bertz CT molecular complexity index is 160. The third kappa shape index (κ3) is 8.93. The van der Waals surface area contributed by atoms with E-state index in [0.29, 0.717) is 0 Å². The molecule has 0 rings (SSSR count). The van der Waals surface area contributed by atoms with E-state index in [4.69, 9.17) is 0 Å². The normalized spacial score (nSPS) is 13.5. The van der Waals surface area contributed by atoms with E-state index in [9.17, 15) is 0 Å². The summed E-state index contributed by atoms with van der Waals surface area (Å²) in [5.41, 5.74) is 0. The Morgan fingerprint density at radius 1 is 0.889 bits per heavy atom. The van der Waals surface area contributed by atoms with E-state index in [-0.39, 0.29) is 0 Å². The second kappa shape index (κ2) is 12.0. The first-order chi connectivity index (χ1) is 8.65. The molecule has 110 valence electrons. The minimum absolute atomic E-state index is 0.724. The second-order valence-electron chi connectivity index (χ2n) is 5.86. The van der Waals surface area contributed by atoms with Gasteiger partial charge in [0.25, 0.3) is 0 Å². The molecule has 0 aliphatic heterocycles.